The summed E-state index contributed by atoms with van der Waals surface area (Å²) in [6, 6.07) is 7.22. The Morgan fingerprint density at radius 2 is 1.42 bits per heavy atom. The van der Waals surface area contributed by atoms with Crippen LogP contribution >= 0.6 is 10.8 Å². The Morgan fingerprint density at radius 3 is 2.03 bits per heavy atom. The molecule has 8 nitrogen and oxygen atoms in total. The maximum Gasteiger partial charge on any atom is 0.319 e. The first-order valence-electron chi connectivity index (χ1n) is 11.6. The van der Waals surface area contributed by atoms with E-state index in [4.69, 9.17) is 14.4 Å². The Balaban J connectivity index is 2.12. The third-order valence-electron chi connectivity index (χ3n) is 4.98. The van der Waals surface area contributed by atoms with Crippen LogP contribution in [0.3, 0.4) is 0 Å². The number of amides is 1. The number of benzene rings is 1. The molecule has 188 valence electrons. The lowest BCUT2D eigenvalue weighted by molar-refractivity contribution is -0.137. The quantitative estimate of drug-likeness (QED) is 0.117. The van der Waals surface area contributed by atoms with E-state index in [0.717, 1.165) is 57.8 Å². The Bertz CT molecular complexity index is 800. The number of para-hydroxylation sites is 2. The lowest BCUT2D eigenvalue weighted by Crippen LogP contribution is -2.12. The topological polar surface area (TPSA) is 130 Å². The first-order valence-corrected chi connectivity index (χ1v) is 14.6. The number of nitrogens with one attached hydrogen (secondary N) is 1. The van der Waals surface area contributed by atoms with Crippen molar-refractivity contribution in [3.05, 3.63) is 24.3 Å². The van der Waals surface area contributed by atoms with E-state index in [1.165, 1.54) is 0 Å². The average Bonchev–Trinajstić information content (AvgIpc) is 2.74. The van der Waals surface area contributed by atoms with Gasteiger partial charge in [0.25, 0.3) is 0 Å². The summed E-state index contributed by atoms with van der Waals surface area (Å²) >= 11 is 0. The number of ether oxygens (including phenoxy) is 1. The largest absolute Gasteiger partial charge is 0.491 e. The van der Waals surface area contributed by atoms with Crippen molar-refractivity contribution in [3.63, 3.8) is 0 Å². The van der Waals surface area contributed by atoms with Gasteiger partial charge in [-0.05, 0) is 48.6 Å². The van der Waals surface area contributed by atoms with Crippen molar-refractivity contribution < 1.29 is 32.4 Å². The highest BCUT2D eigenvalue weighted by molar-refractivity contribution is 8.69. The van der Waals surface area contributed by atoms with E-state index < -0.39 is 15.1 Å². The molecular formula is C23H37NO7S2. The number of carbonyl (C=O) groups is 2. The standard InChI is InChI=1S/C23H37NO7S2/c25-22(16-8-6-4-2-1-3-5-7-9-17-23(26)27)24-20-14-10-11-15-21(20)31-18-12-13-19-32-33(28,29)30/h10-11,14-15H,1-9,12-13,16-19H2,(H,24,25)(H,26,27)(H,28,29,30). The number of aliphatic carboxylic acids is 1. The molecule has 0 bridgehead atoms. The first kappa shape index (κ1) is 29.3. The molecule has 0 spiro atoms. The second-order valence-corrected chi connectivity index (χ2v) is 11.4. The summed E-state index contributed by atoms with van der Waals surface area (Å²) in [6.45, 7) is 0.387. The molecule has 10 heteroatoms. The number of hydrogen-bond acceptors (Lipinski definition) is 6. The van der Waals surface area contributed by atoms with E-state index in [0.29, 0.717) is 53.9 Å². The van der Waals surface area contributed by atoms with Gasteiger partial charge < -0.3 is 15.2 Å². The van der Waals surface area contributed by atoms with Crippen LogP contribution < -0.4 is 10.1 Å². The van der Waals surface area contributed by atoms with Gasteiger partial charge in [0.1, 0.15) is 5.75 Å². The summed E-state index contributed by atoms with van der Waals surface area (Å²) in [4.78, 5) is 22.7. The van der Waals surface area contributed by atoms with Gasteiger partial charge in [-0.25, -0.2) is 0 Å². The fraction of sp³-hybridized carbons (Fsp3) is 0.652. The van der Waals surface area contributed by atoms with E-state index >= 15 is 0 Å². The van der Waals surface area contributed by atoms with Crippen molar-refractivity contribution in [1.29, 1.82) is 0 Å². The summed E-state index contributed by atoms with van der Waals surface area (Å²) in [5.74, 6) is 0.111. The third kappa shape index (κ3) is 17.4. The van der Waals surface area contributed by atoms with E-state index in [-0.39, 0.29) is 12.3 Å². The predicted octanol–water partition coefficient (Wildman–Crippen LogP) is 5.70. The summed E-state index contributed by atoms with van der Waals surface area (Å²) in [5, 5.41) is 11.5. The van der Waals surface area contributed by atoms with Crippen molar-refractivity contribution in [2.45, 2.75) is 83.5 Å². The highest BCUT2D eigenvalue weighted by Crippen LogP contribution is 2.24. The Kier molecular flexibility index (Phi) is 15.7. The molecule has 1 amide bonds. The number of unbranched alkanes of at least 4 members (excludes halogenated alkanes) is 9. The molecule has 0 aliphatic carbocycles. The average molecular weight is 504 g/mol. The van der Waals surface area contributed by atoms with E-state index in [9.17, 15) is 18.0 Å². The van der Waals surface area contributed by atoms with Crippen LogP contribution in [-0.4, -0.2) is 42.3 Å². The number of hydrogen-bond donors (Lipinski definition) is 3. The zero-order valence-electron chi connectivity index (χ0n) is 19.2. The van der Waals surface area contributed by atoms with E-state index in [2.05, 4.69) is 5.32 Å². The van der Waals surface area contributed by atoms with Crippen LogP contribution in [0.2, 0.25) is 0 Å². The molecule has 33 heavy (non-hydrogen) atoms. The maximum atomic E-state index is 12.3. The van der Waals surface area contributed by atoms with Crippen molar-refractivity contribution in [2.24, 2.45) is 0 Å². The van der Waals surface area contributed by atoms with Gasteiger partial charge in [0.15, 0.2) is 0 Å². The molecule has 1 aromatic carbocycles. The monoisotopic (exact) mass is 503 g/mol. The molecule has 0 radical (unpaired) electrons. The molecule has 0 aliphatic rings. The van der Waals surface area contributed by atoms with Crippen LogP contribution in [0.5, 0.6) is 5.75 Å². The van der Waals surface area contributed by atoms with Gasteiger partial charge in [0, 0.05) is 18.6 Å². The fourth-order valence-corrected chi connectivity index (χ4v) is 4.78. The van der Waals surface area contributed by atoms with Gasteiger partial charge in [0.2, 0.25) is 5.91 Å². The summed E-state index contributed by atoms with van der Waals surface area (Å²) in [7, 11) is -3.49. The molecule has 0 aromatic heterocycles. The molecule has 1 aromatic rings. The molecule has 0 atom stereocenters. The Labute approximate surface area is 201 Å². The molecule has 0 saturated heterocycles. The fourth-order valence-electron chi connectivity index (χ4n) is 3.26. The number of rotatable bonds is 20. The van der Waals surface area contributed by atoms with Crippen molar-refractivity contribution in [2.75, 3.05) is 17.7 Å². The van der Waals surface area contributed by atoms with E-state index in [1.807, 2.05) is 12.1 Å². The minimum atomic E-state index is -3.99. The predicted molar refractivity (Wildman–Crippen MR) is 132 cm³/mol. The number of carboxylic acid groups (broad SMARTS) is 1. The second kappa shape index (κ2) is 17.7. The lowest BCUT2D eigenvalue weighted by Gasteiger charge is -2.12. The van der Waals surface area contributed by atoms with Crippen LogP contribution in [0.1, 0.15) is 83.5 Å². The number of anilines is 1. The number of carbonyl (C=O) groups excluding carboxylic acids is 1. The van der Waals surface area contributed by atoms with E-state index in [1.54, 1.807) is 12.1 Å². The summed E-state index contributed by atoms with van der Waals surface area (Å²) < 4.78 is 35.7. The Morgan fingerprint density at radius 1 is 0.848 bits per heavy atom. The second-order valence-electron chi connectivity index (χ2n) is 7.93. The Hall–Kier alpha value is -1.78. The molecule has 0 fully saturated rings. The molecular weight excluding hydrogens is 466 g/mol. The van der Waals surface area contributed by atoms with Gasteiger partial charge in [-0.15, -0.1) is 0 Å². The van der Waals surface area contributed by atoms with Gasteiger partial charge in [-0.1, -0.05) is 57.1 Å². The highest BCUT2D eigenvalue weighted by atomic mass is 33.1. The maximum absolute atomic E-state index is 12.3. The van der Waals surface area contributed by atoms with Crippen LogP contribution in [0.15, 0.2) is 24.3 Å². The van der Waals surface area contributed by atoms with Crippen LogP contribution in [0.25, 0.3) is 0 Å². The van der Waals surface area contributed by atoms with Crippen LogP contribution in [-0.2, 0) is 18.7 Å². The summed E-state index contributed by atoms with van der Waals surface area (Å²) in [5.41, 5.74) is 0.623. The van der Waals surface area contributed by atoms with Crippen molar-refractivity contribution in [3.8, 4) is 5.75 Å². The normalized spacial score (nSPS) is 11.3. The molecule has 1 rings (SSSR count). The van der Waals surface area contributed by atoms with Gasteiger partial charge in [0.05, 0.1) is 12.3 Å². The molecule has 0 unspecified atom stereocenters. The van der Waals surface area contributed by atoms with Crippen LogP contribution in [0, 0.1) is 0 Å². The smallest absolute Gasteiger partial charge is 0.319 e. The zero-order chi connectivity index (χ0) is 24.4. The molecule has 0 saturated carbocycles. The van der Waals surface area contributed by atoms with Gasteiger partial charge in [-0.3, -0.25) is 14.1 Å². The van der Waals surface area contributed by atoms with Gasteiger partial charge in [-0.2, -0.15) is 8.42 Å². The first-order chi connectivity index (χ1) is 15.8. The minimum Gasteiger partial charge on any atom is -0.491 e. The van der Waals surface area contributed by atoms with Crippen molar-refractivity contribution in [1.82, 2.24) is 0 Å². The third-order valence-corrected chi connectivity index (χ3v) is 7.13. The summed E-state index contributed by atoms with van der Waals surface area (Å²) in [6.07, 6.45) is 11.1. The number of carboxylic acids is 1. The highest BCUT2D eigenvalue weighted by Gasteiger charge is 2.08. The van der Waals surface area contributed by atoms with Crippen molar-refractivity contribution >= 4 is 37.5 Å². The zero-order valence-corrected chi connectivity index (χ0v) is 20.8. The molecule has 0 heterocycles. The van der Waals surface area contributed by atoms with Gasteiger partial charge >= 0.3 is 15.1 Å². The minimum absolute atomic E-state index is 0.0472. The molecule has 3 N–H and O–H groups in total. The molecule has 0 aliphatic heterocycles. The SMILES string of the molecule is O=C(O)CCCCCCCCCCCC(=O)Nc1ccccc1OCCCCSS(=O)(=O)O. The van der Waals surface area contributed by atoms with Crippen LogP contribution in [0.4, 0.5) is 5.69 Å². The lowest BCUT2D eigenvalue weighted by atomic mass is 10.1.